The number of pyridine rings is 1. The van der Waals surface area contributed by atoms with Crippen molar-refractivity contribution in [2.24, 2.45) is 5.73 Å². The summed E-state index contributed by atoms with van der Waals surface area (Å²) in [4.78, 5) is 18.4. The van der Waals surface area contributed by atoms with Gasteiger partial charge in [-0.15, -0.1) is 0 Å². The highest BCUT2D eigenvalue weighted by Gasteiger charge is 2.10. The van der Waals surface area contributed by atoms with Crippen molar-refractivity contribution >= 4 is 16.9 Å². The van der Waals surface area contributed by atoms with Crippen molar-refractivity contribution in [3.63, 3.8) is 0 Å². The number of nitrogens with one attached hydrogen (secondary N) is 1. The number of fused-ring (bicyclic) bond motifs is 1. The first-order chi connectivity index (χ1) is 8.65. The Bertz CT molecular complexity index is 740. The van der Waals surface area contributed by atoms with Crippen molar-refractivity contribution in [2.45, 2.75) is 6.92 Å². The van der Waals surface area contributed by atoms with Crippen LogP contribution in [0, 0.1) is 6.92 Å². The fourth-order valence-electron chi connectivity index (χ4n) is 1.90. The van der Waals surface area contributed by atoms with E-state index in [9.17, 15) is 4.79 Å². The zero-order valence-electron chi connectivity index (χ0n) is 9.71. The van der Waals surface area contributed by atoms with E-state index in [0.29, 0.717) is 0 Å². The summed E-state index contributed by atoms with van der Waals surface area (Å²) in [6, 6.07) is 5.53. The monoisotopic (exact) mass is 241 g/mol. The number of primary amides is 1. The number of nitrogens with zero attached hydrogens (tertiary/aromatic N) is 3. The molecule has 0 aliphatic rings. The molecule has 0 spiro atoms. The van der Waals surface area contributed by atoms with Gasteiger partial charge in [0.25, 0.3) is 5.91 Å². The van der Waals surface area contributed by atoms with E-state index in [4.69, 9.17) is 5.73 Å². The highest BCUT2D eigenvalue weighted by molar-refractivity contribution is 5.91. The molecule has 0 fully saturated rings. The summed E-state index contributed by atoms with van der Waals surface area (Å²) in [6.45, 7) is 1.86. The molecule has 0 aliphatic carbocycles. The fourth-order valence-corrected chi connectivity index (χ4v) is 1.90. The molecule has 0 atom stereocenters. The number of aryl methyl sites for hydroxylation is 1. The molecule has 0 aromatic carbocycles. The van der Waals surface area contributed by atoms with Crippen molar-refractivity contribution in [2.75, 3.05) is 0 Å². The maximum atomic E-state index is 11.1. The predicted molar refractivity (Wildman–Crippen MR) is 66.5 cm³/mol. The van der Waals surface area contributed by atoms with E-state index < -0.39 is 5.91 Å². The summed E-state index contributed by atoms with van der Waals surface area (Å²) in [5.41, 5.74) is 7.91. The second-order valence-electron chi connectivity index (χ2n) is 4.06. The molecule has 3 heterocycles. The van der Waals surface area contributed by atoms with Gasteiger partial charge in [0.15, 0.2) is 5.69 Å². The molecule has 3 N–H and O–H groups in total. The average molecular weight is 241 g/mol. The highest BCUT2D eigenvalue weighted by atomic mass is 16.1. The van der Waals surface area contributed by atoms with Gasteiger partial charge in [0.2, 0.25) is 0 Å². The van der Waals surface area contributed by atoms with Gasteiger partial charge >= 0.3 is 0 Å². The first-order valence-electron chi connectivity index (χ1n) is 5.45. The lowest BCUT2D eigenvalue weighted by molar-refractivity contribution is 0.0995. The minimum Gasteiger partial charge on any atom is -0.364 e. The molecule has 0 unspecified atom stereocenters. The van der Waals surface area contributed by atoms with Gasteiger partial charge < -0.3 is 10.7 Å². The molecule has 0 saturated heterocycles. The van der Waals surface area contributed by atoms with E-state index in [1.807, 2.05) is 25.3 Å². The maximum Gasteiger partial charge on any atom is 0.269 e. The third kappa shape index (κ3) is 1.55. The number of aromatic amines is 1. The molecule has 18 heavy (non-hydrogen) atoms. The van der Waals surface area contributed by atoms with Crippen LogP contribution in [-0.2, 0) is 0 Å². The summed E-state index contributed by atoms with van der Waals surface area (Å²) in [7, 11) is 0. The number of hydrogen-bond donors (Lipinski definition) is 2. The standard InChI is InChI=1S/C12H11N5O/c1-7-4-10(11(13)18)16-17(7)9-5-8-2-3-14-12(8)15-6-9/h2-6H,1H3,(H2,13,18)(H,14,15). The molecule has 0 aliphatic heterocycles. The van der Waals surface area contributed by atoms with Crippen molar-refractivity contribution < 1.29 is 4.79 Å². The topological polar surface area (TPSA) is 89.6 Å². The summed E-state index contributed by atoms with van der Waals surface area (Å²) in [5, 5.41) is 5.15. The largest absolute Gasteiger partial charge is 0.364 e. The third-order valence-corrected chi connectivity index (χ3v) is 2.77. The Hall–Kier alpha value is -2.63. The molecular formula is C12H11N5O. The Morgan fingerprint density at radius 3 is 3.00 bits per heavy atom. The third-order valence-electron chi connectivity index (χ3n) is 2.77. The summed E-state index contributed by atoms with van der Waals surface area (Å²) >= 11 is 0. The minimum atomic E-state index is -0.535. The smallest absolute Gasteiger partial charge is 0.269 e. The van der Waals surface area contributed by atoms with Crippen molar-refractivity contribution in [3.05, 3.63) is 42.0 Å². The minimum absolute atomic E-state index is 0.252. The van der Waals surface area contributed by atoms with E-state index in [1.54, 1.807) is 16.9 Å². The number of rotatable bonds is 2. The van der Waals surface area contributed by atoms with Crippen LogP contribution >= 0.6 is 0 Å². The van der Waals surface area contributed by atoms with Gasteiger partial charge in [-0.05, 0) is 25.1 Å². The number of aromatic nitrogens is 4. The molecular weight excluding hydrogens is 230 g/mol. The number of hydrogen-bond acceptors (Lipinski definition) is 3. The van der Waals surface area contributed by atoms with Gasteiger partial charge in [-0.3, -0.25) is 4.79 Å². The van der Waals surface area contributed by atoms with Crippen LogP contribution in [0.15, 0.2) is 30.6 Å². The van der Waals surface area contributed by atoms with Crippen LogP contribution in [0.25, 0.3) is 16.7 Å². The van der Waals surface area contributed by atoms with Crippen LogP contribution in [0.1, 0.15) is 16.2 Å². The molecule has 0 radical (unpaired) electrons. The first-order valence-corrected chi connectivity index (χ1v) is 5.45. The molecule has 0 saturated carbocycles. The Labute approximate surface area is 102 Å². The lowest BCUT2D eigenvalue weighted by atomic mass is 10.3. The van der Waals surface area contributed by atoms with Gasteiger partial charge in [0, 0.05) is 17.3 Å². The molecule has 6 heteroatoms. The predicted octanol–water partition coefficient (Wildman–Crippen LogP) is 1.16. The average Bonchev–Trinajstić information content (AvgIpc) is 2.93. The van der Waals surface area contributed by atoms with E-state index in [0.717, 1.165) is 22.4 Å². The Morgan fingerprint density at radius 2 is 2.28 bits per heavy atom. The van der Waals surface area contributed by atoms with Gasteiger partial charge in [-0.25, -0.2) is 9.67 Å². The summed E-state index contributed by atoms with van der Waals surface area (Å²) in [5.74, 6) is -0.535. The number of amides is 1. The van der Waals surface area contributed by atoms with Gasteiger partial charge in [-0.1, -0.05) is 0 Å². The lowest BCUT2D eigenvalue weighted by Crippen LogP contribution is -2.12. The first kappa shape index (κ1) is 10.5. The molecule has 3 aromatic heterocycles. The van der Waals surface area contributed by atoms with Crippen LogP contribution in [0.5, 0.6) is 0 Å². The molecule has 3 rings (SSSR count). The van der Waals surface area contributed by atoms with Crippen molar-refractivity contribution in [1.82, 2.24) is 19.7 Å². The van der Waals surface area contributed by atoms with Crippen molar-refractivity contribution in [3.8, 4) is 5.69 Å². The SMILES string of the molecule is Cc1cc(C(N)=O)nn1-c1cnc2[nH]ccc2c1. The Balaban J connectivity index is 2.15. The van der Waals surface area contributed by atoms with E-state index in [1.165, 1.54) is 0 Å². The van der Waals surface area contributed by atoms with E-state index in [-0.39, 0.29) is 5.69 Å². The fraction of sp³-hybridized carbons (Fsp3) is 0.0833. The highest BCUT2D eigenvalue weighted by Crippen LogP contribution is 2.16. The summed E-state index contributed by atoms with van der Waals surface area (Å²) in [6.07, 6.45) is 3.52. The summed E-state index contributed by atoms with van der Waals surface area (Å²) < 4.78 is 1.65. The second kappa shape index (κ2) is 3.69. The Morgan fingerprint density at radius 1 is 1.44 bits per heavy atom. The number of H-pyrrole nitrogens is 1. The Kier molecular flexibility index (Phi) is 2.16. The zero-order chi connectivity index (χ0) is 12.7. The lowest BCUT2D eigenvalue weighted by Gasteiger charge is -2.03. The quantitative estimate of drug-likeness (QED) is 0.705. The molecule has 6 nitrogen and oxygen atoms in total. The van der Waals surface area contributed by atoms with Crippen LogP contribution in [0.2, 0.25) is 0 Å². The molecule has 1 amide bonds. The maximum absolute atomic E-state index is 11.1. The van der Waals surface area contributed by atoms with Gasteiger partial charge in [0.1, 0.15) is 5.65 Å². The van der Waals surface area contributed by atoms with Crippen molar-refractivity contribution in [1.29, 1.82) is 0 Å². The van der Waals surface area contributed by atoms with Crippen LogP contribution in [-0.4, -0.2) is 25.7 Å². The number of nitrogens with two attached hydrogens (primary N) is 1. The van der Waals surface area contributed by atoms with Crippen LogP contribution < -0.4 is 5.73 Å². The van der Waals surface area contributed by atoms with Gasteiger partial charge in [-0.2, -0.15) is 5.10 Å². The van der Waals surface area contributed by atoms with Gasteiger partial charge in [0.05, 0.1) is 11.9 Å². The molecule has 0 bridgehead atoms. The van der Waals surface area contributed by atoms with E-state index >= 15 is 0 Å². The normalized spacial score (nSPS) is 10.9. The number of carbonyl (C=O) groups excluding carboxylic acids is 1. The number of carbonyl (C=O) groups is 1. The molecule has 90 valence electrons. The zero-order valence-corrected chi connectivity index (χ0v) is 9.71. The van der Waals surface area contributed by atoms with E-state index in [2.05, 4.69) is 15.1 Å². The van der Waals surface area contributed by atoms with Crippen LogP contribution in [0.4, 0.5) is 0 Å². The molecule has 3 aromatic rings. The van der Waals surface area contributed by atoms with Crippen LogP contribution in [0.3, 0.4) is 0 Å². The second-order valence-corrected chi connectivity index (χ2v) is 4.06.